The maximum atomic E-state index is 2.44. The first-order valence-corrected chi connectivity index (χ1v) is 7.00. The fourth-order valence-corrected chi connectivity index (χ4v) is 2.93. The Morgan fingerprint density at radius 3 is 2.00 bits per heavy atom. The Labute approximate surface area is 97.6 Å². The fraction of sp³-hybridized carbons (Fsp3) is 1.00. The van der Waals surface area contributed by atoms with Crippen LogP contribution >= 0.6 is 0 Å². The lowest BCUT2D eigenvalue weighted by atomic mass is 9.72. The molecular weight excluding hydrogens is 179 g/mol. The molecule has 1 rings (SSSR count). The van der Waals surface area contributed by atoms with Crippen molar-refractivity contribution in [2.24, 2.45) is 11.3 Å². The van der Waals surface area contributed by atoms with Crippen LogP contribution in [0.3, 0.4) is 0 Å². The molecule has 1 saturated carbocycles. The topological polar surface area (TPSA) is 0 Å². The van der Waals surface area contributed by atoms with E-state index in [0.29, 0.717) is 5.41 Å². The molecule has 1 heteroatoms. The molecule has 0 bridgehead atoms. The van der Waals surface area contributed by atoms with E-state index in [2.05, 4.69) is 28.6 Å². The van der Waals surface area contributed by atoms with E-state index in [1.54, 1.807) is 0 Å². The zero-order valence-electron chi connectivity index (χ0n) is 11.3. The van der Waals surface area contributed by atoms with Gasteiger partial charge in [0.25, 0.3) is 0 Å². The maximum Gasteiger partial charge on any atom is 0.105 e. The summed E-state index contributed by atoms with van der Waals surface area (Å²) >= 11 is 0. The second kappa shape index (κ2) is 5.96. The minimum atomic E-state index is 0.530. The molecule has 0 aliphatic heterocycles. The van der Waals surface area contributed by atoms with Crippen molar-refractivity contribution in [2.75, 3.05) is 0 Å². The van der Waals surface area contributed by atoms with E-state index in [1.165, 1.54) is 51.4 Å². The van der Waals surface area contributed by atoms with Crippen molar-refractivity contribution in [2.45, 2.75) is 78.0 Å². The highest BCUT2D eigenvalue weighted by molar-refractivity contribution is 6.11. The lowest BCUT2D eigenvalue weighted by Gasteiger charge is -2.32. The molecule has 2 atom stereocenters. The average molecular weight is 208 g/mol. The largest absolute Gasteiger partial charge is 0.105 e. The smallest absolute Gasteiger partial charge is 0.0697 e. The highest BCUT2D eigenvalue weighted by Crippen LogP contribution is 2.36. The van der Waals surface area contributed by atoms with Crippen LogP contribution < -0.4 is 0 Å². The molecule has 15 heavy (non-hydrogen) atoms. The van der Waals surface area contributed by atoms with Crippen LogP contribution in [0.1, 0.15) is 72.1 Å². The lowest BCUT2D eigenvalue weighted by molar-refractivity contribution is 0.198. The summed E-state index contributed by atoms with van der Waals surface area (Å²) in [5.74, 6) is 1.94. The Hall–Kier alpha value is 0.0649. The molecular formula is C14H29B. The van der Waals surface area contributed by atoms with Crippen LogP contribution in [0, 0.1) is 11.3 Å². The van der Waals surface area contributed by atoms with Crippen molar-refractivity contribution in [3.63, 3.8) is 0 Å². The van der Waals surface area contributed by atoms with Gasteiger partial charge in [-0.1, -0.05) is 65.1 Å². The molecule has 1 aliphatic rings. The first kappa shape index (κ1) is 13.1. The SMILES string of the molecule is BC1CCCCCC(C(C)(C)C)CCC1. The summed E-state index contributed by atoms with van der Waals surface area (Å²) in [6, 6.07) is 0. The monoisotopic (exact) mass is 208 g/mol. The van der Waals surface area contributed by atoms with Crippen molar-refractivity contribution in [1.82, 2.24) is 0 Å². The van der Waals surface area contributed by atoms with Gasteiger partial charge >= 0.3 is 0 Å². The van der Waals surface area contributed by atoms with Crippen LogP contribution in [0.5, 0.6) is 0 Å². The van der Waals surface area contributed by atoms with E-state index >= 15 is 0 Å². The van der Waals surface area contributed by atoms with Gasteiger partial charge in [-0.05, 0) is 24.2 Å². The predicted molar refractivity (Wildman–Crippen MR) is 72.2 cm³/mol. The van der Waals surface area contributed by atoms with Crippen LogP contribution in [0.25, 0.3) is 0 Å². The third kappa shape index (κ3) is 5.09. The summed E-state index contributed by atoms with van der Waals surface area (Å²) in [4.78, 5) is 0. The standard InChI is InChI=1S/C14H29B/c1-14(2,3)12-8-5-4-6-10-13(15)11-7-9-12/h12-13H,4-11,15H2,1-3H3. The van der Waals surface area contributed by atoms with Crippen LogP contribution in [-0.4, -0.2) is 7.85 Å². The molecule has 0 nitrogen and oxygen atoms in total. The zero-order valence-corrected chi connectivity index (χ0v) is 11.3. The number of rotatable bonds is 0. The molecule has 0 aromatic rings. The minimum Gasteiger partial charge on any atom is -0.0697 e. The molecule has 0 spiro atoms. The Morgan fingerprint density at radius 1 is 0.800 bits per heavy atom. The van der Waals surface area contributed by atoms with E-state index in [-0.39, 0.29) is 0 Å². The number of hydrogen-bond acceptors (Lipinski definition) is 0. The quantitative estimate of drug-likeness (QED) is 0.523. The molecule has 0 amide bonds. The third-order valence-electron chi connectivity index (χ3n) is 4.22. The van der Waals surface area contributed by atoms with Gasteiger partial charge < -0.3 is 0 Å². The maximum absolute atomic E-state index is 2.44. The van der Waals surface area contributed by atoms with E-state index < -0.39 is 0 Å². The predicted octanol–water partition coefficient (Wildman–Crippen LogP) is 4.20. The van der Waals surface area contributed by atoms with Gasteiger partial charge in [-0.2, -0.15) is 0 Å². The van der Waals surface area contributed by atoms with Crippen LogP contribution in [-0.2, 0) is 0 Å². The van der Waals surface area contributed by atoms with Crippen LogP contribution in [0.15, 0.2) is 0 Å². The highest BCUT2D eigenvalue weighted by atomic mass is 14.3. The summed E-state index contributed by atoms with van der Waals surface area (Å²) in [7, 11) is 2.44. The molecule has 0 aromatic heterocycles. The van der Waals surface area contributed by atoms with Crippen molar-refractivity contribution in [3.05, 3.63) is 0 Å². The Bertz CT molecular complexity index is 169. The van der Waals surface area contributed by atoms with Gasteiger partial charge in [0.15, 0.2) is 0 Å². The van der Waals surface area contributed by atoms with Crippen molar-refractivity contribution < 1.29 is 0 Å². The van der Waals surface area contributed by atoms with Gasteiger partial charge in [0.1, 0.15) is 7.85 Å². The van der Waals surface area contributed by atoms with E-state index in [4.69, 9.17) is 0 Å². The summed E-state index contributed by atoms with van der Waals surface area (Å²) in [6.45, 7) is 7.27. The van der Waals surface area contributed by atoms with Gasteiger partial charge in [-0.3, -0.25) is 0 Å². The molecule has 88 valence electrons. The first-order valence-electron chi connectivity index (χ1n) is 7.00. The minimum absolute atomic E-state index is 0.530. The lowest BCUT2D eigenvalue weighted by Crippen LogP contribution is -2.21. The van der Waals surface area contributed by atoms with Crippen molar-refractivity contribution >= 4 is 7.85 Å². The summed E-state index contributed by atoms with van der Waals surface area (Å²) in [5.41, 5.74) is 0.530. The highest BCUT2D eigenvalue weighted by Gasteiger charge is 2.24. The summed E-state index contributed by atoms with van der Waals surface area (Å²) < 4.78 is 0. The van der Waals surface area contributed by atoms with Gasteiger partial charge in [0, 0.05) is 0 Å². The van der Waals surface area contributed by atoms with Gasteiger partial charge in [0.2, 0.25) is 0 Å². The molecule has 1 aliphatic carbocycles. The van der Waals surface area contributed by atoms with Crippen molar-refractivity contribution in [1.29, 1.82) is 0 Å². The van der Waals surface area contributed by atoms with Gasteiger partial charge in [0.05, 0.1) is 0 Å². The Morgan fingerprint density at radius 2 is 1.33 bits per heavy atom. The molecule has 0 radical (unpaired) electrons. The normalized spacial score (nSPS) is 31.1. The molecule has 0 saturated heterocycles. The number of hydrogen-bond donors (Lipinski definition) is 0. The second-order valence-electron chi connectivity index (χ2n) is 6.74. The van der Waals surface area contributed by atoms with E-state index in [1.807, 2.05) is 0 Å². The van der Waals surface area contributed by atoms with Crippen LogP contribution in [0.4, 0.5) is 0 Å². The molecule has 1 fully saturated rings. The fourth-order valence-electron chi connectivity index (χ4n) is 2.93. The first-order chi connectivity index (χ1) is 7.00. The average Bonchev–Trinajstić information content (AvgIpc) is 2.13. The molecule has 0 aromatic carbocycles. The second-order valence-corrected chi connectivity index (χ2v) is 6.74. The summed E-state index contributed by atoms with van der Waals surface area (Å²) in [6.07, 6.45) is 11.7. The van der Waals surface area contributed by atoms with Crippen LogP contribution in [0.2, 0.25) is 5.82 Å². The molecule has 0 N–H and O–H groups in total. The van der Waals surface area contributed by atoms with Gasteiger partial charge in [-0.25, -0.2) is 0 Å². The van der Waals surface area contributed by atoms with E-state index in [0.717, 1.165) is 11.7 Å². The van der Waals surface area contributed by atoms with Crippen molar-refractivity contribution in [3.8, 4) is 0 Å². The third-order valence-corrected chi connectivity index (χ3v) is 4.22. The van der Waals surface area contributed by atoms with Gasteiger partial charge in [-0.15, -0.1) is 0 Å². The van der Waals surface area contributed by atoms with E-state index in [9.17, 15) is 0 Å². The Balaban J connectivity index is 2.44. The molecule has 2 unspecified atom stereocenters. The Kier molecular flexibility index (Phi) is 5.22. The summed E-state index contributed by atoms with van der Waals surface area (Å²) in [5, 5.41) is 0. The molecule has 0 heterocycles. The zero-order chi connectivity index (χ0) is 11.3.